The molecule has 1 amide bonds. The Balaban J connectivity index is 2.10. The van der Waals surface area contributed by atoms with Gasteiger partial charge in [-0.2, -0.15) is 0 Å². The first-order valence-electron chi connectivity index (χ1n) is 4.77. The van der Waals surface area contributed by atoms with E-state index in [0.717, 1.165) is 19.3 Å². The van der Waals surface area contributed by atoms with Gasteiger partial charge < -0.3 is 5.32 Å². The van der Waals surface area contributed by atoms with Crippen LogP contribution < -0.4 is 5.32 Å². The summed E-state index contributed by atoms with van der Waals surface area (Å²) in [5, 5.41) is 3.12. The maximum absolute atomic E-state index is 11.5. The Morgan fingerprint density at radius 1 is 1.25 bits per heavy atom. The highest BCUT2D eigenvalue weighted by molar-refractivity contribution is 5.93. The van der Waals surface area contributed by atoms with Gasteiger partial charge in [0.05, 0.1) is 11.0 Å². The monoisotopic (exact) mass is 163 g/mol. The highest BCUT2D eigenvalue weighted by Crippen LogP contribution is 2.58. The topological polar surface area (TPSA) is 29.1 Å². The number of carbonyl (C=O) groups excluding carboxylic acids is 1. The minimum absolute atomic E-state index is 0.0295. The molecule has 0 aromatic carbocycles. The van der Waals surface area contributed by atoms with Crippen molar-refractivity contribution < 1.29 is 4.79 Å². The molecule has 12 heavy (non-hydrogen) atoms. The van der Waals surface area contributed by atoms with Crippen LogP contribution >= 0.6 is 0 Å². The zero-order valence-corrected chi connectivity index (χ0v) is 7.10. The van der Waals surface area contributed by atoms with Crippen LogP contribution in [0.3, 0.4) is 0 Å². The second-order valence-corrected chi connectivity index (χ2v) is 4.35. The summed E-state index contributed by atoms with van der Waals surface area (Å²) in [6, 6.07) is 0. The van der Waals surface area contributed by atoms with Crippen LogP contribution in [-0.4, -0.2) is 11.4 Å². The maximum atomic E-state index is 11.5. The second-order valence-electron chi connectivity index (χ2n) is 4.35. The van der Waals surface area contributed by atoms with Crippen LogP contribution in [-0.2, 0) is 4.79 Å². The molecule has 2 fully saturated rings. The molecule has 0 radical (unpaired) electrons. The summed E-state index contributed by atoms with van der Waals surface area (Å²) in [7, 11) is 0. The minimum Gasteiger partial charge on any atom is -0.349 e. The van der Waals surface area contributed by atoms with Gasteiger partial charge in [0, 0.05) is 0 Å². The number of hydrogen-bond donors (Lipinski definition) is 1. The Bertz CT molecular complexity index is 284. The van der Waals surface area contributed by atoms with Gasteiger partial charge >= 0.3 is 0 Å². The molecule has 0 spiro atoms. The van der Waals surface area contributed by atoms with Gasteiger partial charge in [0.2, 0.25) is 5.91 Å². The molecule has 0 aromatic heterocycles. The average Bonchev–Trinajstić information content (AvgIpc) is 2.38. The van der Waals surface area contributed by atoms with E-state index >= 15 is 0 Å². The second kappa shape index (κ2) is 1.76. The third-order valence-corrected chi connectivity index (χ3v) is 4.01. The van der Waals surface area contributed by atoms with Gasteiger partial charge in [-0.05, 0) is 32.1 Å². The third-order valence-electron chi connectivity index (χ3n) is 4.01. The quantitative estimate of drug-likeness (QED) is 0.424. The first kappa shape index (κ1) is 6.70. The molecule has 0 unspecified atom stereocenters. The van der Waals surface area contributed by atoms with Crippen LogP contribution in [0.15, 0.2) is 12.2 Å². The lowest BCUT2D eigenvalue weighted by atomic mass is 9.59. The van der Waals surface area contributed by atoms with E-state index < -0.39 is 0 Å². The SMILES string of the molecule is O=C1N[C@@]23CC=CC[C@]12CCC3. The molecule has 1 heterocycles. The zero-order valence-electron chi connectivity index (χ0n) is 7.10. The van der Waals surface area contributed by atoms with Crippen molar-refractivity contribution in [2.24, 2.45) is 5.41 Å². The first-order chi connectivity index (χ1) is 5.79. The van der Waals surface area contributed by atoms with Crippen LogP contribution in [0.1, 0.15) is 32.1 Å². The van der Waals surface area contributed by atoms with E-state index in [9.17, 15) is 4.79 Å². The molecule has 2 heteroatoms. The zero-order chi connectivity index (χ0) is 8.23. The van der Waals surface area contributed by atoms with Crippen LogP contribution in [0.5, 0.6) is 0 Å². The van der Waals surface area contributed by atoms with Gasteiger partial charge in [0.15, 0.2) is 0 Å². The van der Waals surface area contributed by atoms with Gasteiger partial charge in [-0.1, -0.05) is 12.2 Å². The Hall–Kier alpha value is -0.790. The fourth-order valence-corrected chi connectivity index (χ4v) is 3.27. The minimum atomic E-state index is 0.0295. The molecule has 3 aliphatic rings. The smallest absolute Gasteiger partial charge is 0.229 e. The fourth-order valence-electron chi connectivity index (χ4n) is 3.27. The third kappa shape index (κ3) is 0.473. The van der Waals surface area contributed by atoms with E-state index in [0.29, 0.717) is 5.91 Å². The molecular formula is C10H13NO. The van der Waals surface area contributed by atoms with Crippen LogP contribution in [0.4, 0.5) is 0 Å². The van der Waals surface area contributed by atoms with Crippen molar-refractivity contribution in [3.63, 3.8) is 0 Å². The van der Waals surface area contributed by atoms with Crippen LogP contribution in [0.25, 0.3) is 0 Å². The van der Waals surface area contributed by atoms with Crippen LogP contribution in [0.2, 0.25) is 0 Å². The number of nitrogens with one attached hydrogen (secondary N) is 1. The number of β-lactam (4-membered cyclic amide) rings is 1. The summed E-state index contributed by atoms with van der Waals surface area (Å²) in [6.07, 6.45) is 10.00. The molecule has 2 nitrogen and oxygen atoms in total. The Morgan fingerprint density at radius 2 is 2.08 bits per heavy atom. The summed E-state index contributed by atoms with van der Waals surface area (Å²) in [5.41, 5.74) is 0.223. The predicted molar refractivity (Wildman–Crippen MR) is 45.5 cm³/mol. The van der Waals surface area contributed by atoms with E-state index in [-0.39, 0.29) is 11.0 Å². The average molecular weight is 163 g/mol. The molecule has 1 saturated carbocycles. The van der Waals surface area contributed by atoms with E-state index in [4.69, 9.17) is 0 Å². The lowest BCUT2D eigenvalue weighted by Gasteiger charge is -2.56. The highest BCUT2D eigenvalue weighted by atomic mass is 16.2. The molecule has 1 saturated heterocycles. The summed E-state index contributed by atoms with van der Waals surface area (Å²) in [6.45, 7) is 0. The van der Waals surface area contributed by atoms with E-state index in [1.165, 1.54) is 12.8 Å². The van der Waals surface area contributed by atoms with Crippen LogP contribution in [0, 0.1) is 5.41 Å². The van der Waals surface area contributed by atoms with Gasteiger partial charge in [-0.15, -0.1) is 0 Å². The van der Waals surface area contributed by atoms with Gasteiger partial charge in [-0.3, -0.25) is 4.79 Å². The standard InChI is InChI=1S/C10H13NO/c12-8-9-4-1-2-6-10(9,11-8)7-3-5-9/h1-2H,3-7H2,(H,11,12)/t9-,10+/m0/s1. The van der Waals surface area contributed by atoms with E-state index in [1.807, 2.05) is 0 Å². The van der Waals surface area contributed by atoms with E-state index in [1.54, 1.807) is 0 Å². The number of allylic oxidation sites excluding steroid dienone is 1. The van der Waals surface area contributed by atoms with Gasteiger partial charge in [0.25, 0.3) is 0 Å². The summed E-state index contributed by atoms with van der Waals surface area (Å²) in [4.78, 5) is 11.5. The van der Waals surface area contributed by atoms with Crippen molar-refractivity contribution in [2.75, 3.05) is 0 Å². The molecule has 1 N–H and O–H groups in total. The largest absolute Gasteiger partial charge is 0.349 e. The molecule has 1 aliphatic heterocycles. The van der Waals surface area contributed by atoms with Crippen molar-refractivity contribution in [2.45, 2.75) is 37.6 Å². The Labute approximate surface area is 72.0 Å². The lowest BCUT2D eigenvalue weighted by Crippen LogP contribution is -2.74. The lowest BCUT2D eigenvalue weighted by molar-refractivity contribution is -0.153. The molecule has 3 rings (SSSR count). The molecule has 2 aliphatic carbocycles. The Kier molecular flexibility index (Phi) is 0.980. The normalized spacial score (nSPS) is 49.2. The molecular weight excluding hydrogens is 150 g/mol. The summed E-state index contributed by atoms with van der Waals surface area (Å²) >= 11 is 0. The summed E-state index contributed by atoms with van der Waals surface area (Å²) in [5.74, 6) is 0.310. The molecule has 0 bridgehead atoms. The van der Waals surface area contributed by atoms with Gasteiger partial charge in [-0.25, -0.2) is 0 Å². The number of rotatable bonds is 0. The maximum Gasteiger partial charge on any atom is 0.229 e. The van der Waals surface area contributed by atoms with Gasteiger partial charge in [0.1, 0.15) is 0 Å². The van der Waals surface area contributed by atoms with Crippen molar-refractivity contribution in [1.82, 2.24) is 5.32 Å². The molecule has 0 aromatic rings. The highest BCUT2D eigenvalue weighted by Gasteiger charge is 2.67. The number of hydrogen-bond acceptors (Lipinski definition) is 1. The van der Waals surface area contributed by atoms with Crippen molar-refractivity contribution >= 4 is 5.91 Å². The number of carbonyl (C=O) groups is 1. The predicted octanol–water partition coefficient (Wildman–Crippen LogP) is 1.38. The van der Waals surface area contributed by atoms with Crippen molar-refractivity contribution in [3.8, 4) is 0 Å². The first-order valence-corrected chi connectivity index (χ1v) is 4.77. The Morgan fingerprint density at radius 3 is 2.83 bits per heavy atom. The van der Waals surface area contributed by atoms with Crippen molar-refractivity contribution in [3.05, 3.63) is 12.2 Å². The molecule has 2 atom stereocenters. The van der Waals surface area contributed by atoms with E-state index in [2.05, 4.69) is 17.5 Å². The fraction of sp³-hybridized carbons (Fsp3) is 0.700. The number of amides is 1. The van der Waals surface area contributed by atoms with Crippen molar-refractivity contribution in [1.29, 1.82) is 0 Å². The molecule has 64 valence electrons. The summed E-state index contributed by atoms with van der Waals surface area (Å²) < 4.78 is 0.